The molecular formula is C17H23N5O2. The molecule has 0 saturated carbocycles. The van der Waals surface area contributed by atoms with Gasteiger partial charge >= 0.3 is 0 Å². The molecule has 2 heterocycles. The molecular weight excluding hydrogens is 306 g/mol. The molecule has 1 amide bonds. The number of amides is 1. The van der Waals surface area contributed by atoms with Crippen molar-refractivity contribution in [2.75, 3.05) is 39.9 Å². The number of rotatable bonds is 6. The van der Waals surface area contributed by atoms with Crippen LogP contribution >= 0.6 is 0 Å². The second-order valence-electron chi connectivity index (χ2n) is 6.05. The van der Waals surface area contributed by atoms with Crippen molar-refractivity contribution in [1.82, 2.24) is 24.6 Å². The monoisotopic (exact) mass is 329 g/mol. The molecule has 1 fully saturated rings. The molecule has 1 aliphatic heterocycles. The molecule has 0 bridgehead atoms. The summed E-state index contributed by atoms with van der Waals surface area (Å²) in [5, 5.41) is 4.17. The van der Waals surface area contributed by atoms with Gasteiger partial charge in [0.05, 0.1) is 18.8 Å². The van der Waals surface area contributed by atoms with Crippen LogP contribution in [0.25, 0.3) is 5.69 Å². The fourth-order valence-corrected chi connectivity index (χ4v) is 2.99. The third-order valence-corrected chi connectivity index (χ3v) is 4.30. The van der Waals surface area contributed by atoms with Crippen molar-refractivity contribution in [3.63, 3.8) is 0 Å². The molecule has 0 atom stereocenters. The summed E-state index contributed by atoms with van der Waals surface area (Å²) in [6.45, 7) is 6.23. The van der Waals surface area contributed by atoms with Crippen LogP contribution in [0, 0.1) is 6.92 Å². The summed E-state index contributed by atoms with van der Waals surface area (Å²) in [5.74, 6) is 0.175. The molecule has 0 aliphatic carbocycles. The Labute approximate surface area is 141 Å². The number of hydrogen-bond donors (Lipinski definition) is 0. The van der Waals surface area contributed by atoms with E-state index in [9.17, 15) is 4.79 Å². The standard InChI is InChI=1S/C17H23N5O2/c1-14-9-15(3-4-16(14)22-13-18-12-19-22)10-20-5-6-21(7-8-24-2)17(23)11-20/h3-4,9,12-13H,5-8,10-11H2,1-2H3. The summed E-state index contributed by atoms with van der Waals surface area (Å²) in [6.07, 6.45) is 3.22. The van der Waals surface area contributed by atoms with E-state index in [2.05, 4.69) is 40.1 Å². The average Bonchev–Trinajstić information content (AvgIpc) is 3.08. The number of piperazine rings is 1. The van der Waals surface area contributed by atoms with Gasteiger partial charge in [-0.25, -0.2) is 9.67 Å². The Hall–Kier alpha value is -2.25. The highest BCUT2D eigenvalue weighted by molar-refractivity contribution is 5.79. The number of aromatic nitrogens is 3. The molecule has 0 spiro atoms. The number of carbonyl (C=O) groups excluding carboxylic acids is 1. The van der Waals surface area contributed by atoms with Crippen molar-refractivity contribution in [3.05, 3.63) is 42.0 Å². The molecule has 0 unspecified atom stereocenters. The van der Waals surface area contributed by atoms with E-state index in [0.717, 1.165) is 30.9 Å². The zero-order valence-electron chi connectivity index (χ0n) is 14.2. The number of benzene rings is 1. The first-order valence-electron chi connectivity index (χ1n) is 8.11. The summed E-state index contributed by atoms with van der Waals surface area (Å²) in [5.41, 5.74) is 3.37. The Balaban J connectivity index is 1.61. The van der Waals surface area contributed by atoms with E-state index in [4.69, 9.17) is 4.74 Å². The molecule has 1 aromatic carbocycles. The molecule has 1 aliphatic rings. The van der Waals surface area contributed by atoms with Gasteiger partial charge in [0.15, 0.2) is 0 Å². The Bertz CT molecular complexity index is 686. The largest absolute Gasteiger partial charge is 0.383 e. The third kappa shape index (κ3) is 3.80. The Kier molecular flexibility index (Phi) is 5.22. The molecule has 24 heavy (non-hydrogen) atoms. The zero-order valence-corrected chi connectivity index (χ0v) is 14.2. The molecule has 128 valence electrons. The van der Waals surface area contributed by atoms with Gasteiger partial charge in [-0.2, -0.15) is 5.10 Å². The lowest BCUT2D eigenvalue weighted by Gasteiger charge is -2.34. The van der Waals surface area contributed by atoms with E-state index in [1.54, 1.807) is 18.1 Å². The van der Waals surface area contributed by atoms with Crippen LogP contribution in [0.2, 0.25) is 0 Å². The summed E-state index contributed by atoms with van der Waals surface area (Å²) < 4.78 is 6.81. The van der Waals surface area contributed by atoms with Crippen LogP contribution in [0.15, 0.2) is 30.9 Å². The van der Waals surface area contributed by atoms with Gasteiger partial charge in [-0.05, 0) is 24.1 Å². The van der Waals surface area contributed by atoms with Gasteiger partial charge < -0.3 is 9.64 Å². The van der Waals surface area contributed by atoms with Crippen molar-refractivity contribution in [2.24, 2.45) is 0 Å². The number of carbonyl (C=O) groups is 1. The van der Waals surface area contributed by atoms with Crippen LogP contribution in [0.4, 0.5) is 0 Å². The van der Waals surface area contributed by atoms with Gasteiger partial charge in [-0.1, -0.05) is 12.1 Å². The summed E-state index contributed by atoms with van der Waals surface area (Å²) in [7, 11) is 1.66. The second-order valence-corrected chi connectivity index (χ2v) is 6.05. The van der Waals surface area contributed by atoms with Crippen molar-refractivity contribution < 1.29 is 9.53 Å². The van der Waals surface area contributed by atoms with Gasteiger partial charge in [0.1, 0.15) is 12.7 Å². The van der Waals surface area contributed by atoms with Gasteiger partial charge in [-0.3, -0.25) is 9.69 Å². The highest BCUT2D eigenvalue weighted by atomic mass is 16.5. The van der Waals surface area contributed by atoms with Crippen molar-refractivity contribution in [3.8, 4) is 5.69 Å². The lowest BCUT2D eigenvalue weighted by atomic mass is 10.1. The van der Waals surface area contributed by atoms with E-state index >= 15 is 0 Å². The number of nitrogens with zero attached hydrogens (tertiary/aromatic N) is 5. The maximum Gasteiger partial charge on any atom is 0.236 e. The Morgan fingerprint density at radius 2 is 2.17 bits per heavy atom. The molecule has 0 radical (unpaired) electrons. The Morgan fingerprint density at radius 3 is 2.83 bits per heavy atom. The molecule has 1 saturated heterocycles. The van der Waals surface area contributed by atoms with Crippen LogP contribution in [0.3, 0.4) is 0 Å². The van der Waals surface area contributed by atoms with Crippen LogP contribution in [-0.2, 0) is 16.1 Å². The van der Waals surface area contributed by atoms with Crippen LogP contribution in [0.1, 0.15) is 11.1 Å². The molecule has 3 rings (SSSR count). The summed E-state index contributed by atoms with van der Waals surface area (Å²) >= 11 is 0. The fourth-order valence-electron chi connectivity index (χ4n) is 2.99. The highest BCUT2D eigenvalue weighted by Crippen LogP contribution is 2.17. The minimum Gasteiger partial charge on any atom is -0.383 e. The molecule has 2 aromatic rings. The normalized spacial score (nSPS) is 15.9. The molecule has 0 N–H and O–H groups in total. The van der Waals surface area contributed by atoms with Gasteiger partial charge in [-0.15, -0.1) is 0 Å². The maximum atomic E-state index is 12.2. The molecule has 1 aromatic heterocycles. The van der Waals surface area contributed by atoms with E-state index in [1.165, 1.54) is 11.9 Å². The topological polar surface area (TPSA) is 63.5 Å². The molecule has 7 heteroatoms. The minimum absolute atomic E-state index is 0.175. The van der Waals surface area contributed by atoms with Crippen LogP contribution in [-0.4, -0.2) is 70.4 Å². The van der Waals surface area contributed by atoms with Crippen molar-refractivity contribution in [2.45, 2.75) is 13.5 Å². The van der Waals surface area contributed by atoms with E-state index < -0.39 is 0 Å². The summed E-state index contributed by atoms with van der Waals surface area (Å²) in [6, 6.07) is 6.29. The lowest BCUT2D eigenvalue weighted by Crippen LogP contribution is -2.50. The molecule has 7 nitrogen and oxygen atoms in total. The van der Waals surface area contributed by atoms with E-state index in [-0.39, 0.29) is 5.91 Å². The fraction of sp³-hybridized carbons (Fsp3) is 0.471. The first-order chi connectivity index (χ1) is 11.7. The quantitative estimate of drug-likeness (QED) is 0.787. The van der Waals surface area contributed by atoms with E-state index in [1.807, 2.05) is 4.90 Å². The number of methoxy groups -OCH3 is 1. The predicted molar refractivity (Wildman–Crippen MR) is 89.8 cm³/mol. The van der Waals surface area contributed by atoms with Gasteiger partial charge in [0.2, 0.25) is 5.91 Å². The minimum atomic E-state index is 0.175. The first kappa shape index (κ1) is 16.6. The van der Waals surface area contributed by atoms with Gasteiger partial charge in [0.25, 0.3) is 0 Å². The lowest BCUT2D eigenvalue weighted by molar-refractivity contribution is -0.136. The van der Waals surface area contributed by atoms with Crippen molar-refractivity contribution in [1.29, 1.82) is 0 Å². The summed E-state index contributed by atoms with van der Waals surface area (Å²) in [4.78, 5) is 20.2. The number of ether oxygens (including phenoxy) is 1. The first-order valence-corrected chi connectivity index (χ1v) is 8.11. The SMILES string of the molecule is COCCN1CCN(Cc2ccc(-n3cncn3)c(C)c2)CC1=O. The predicted octanol–water partition coefficient (Wildman–Crippen LogP) is 0.866. The number of aryl methyl sites for hydroxylation is 1. The van der Waals surface area contributed by atoms with Crippen molar-refractivity contribution >= 4 is 5.91 Å². The van der Waals surface area contributed by atoms with Gasteiger partial charge in [0, 0.05) is 33.3 Å². The zero-order chi connectivity index (χ0) is 16.9. The maximum absolute atomic E-state index is 12.2. The highest BCUT2D eigenvalue weighted by Gasteiger charge is 2.23. The second kappa shape index (κ2) is 7.55. The number of hydrogen-bond acceptors (Lipinski definition) is 5. The Morgan fingerprint density at radius 1 is 1.29 bits per heavy atom. The smallest absolute Gasteiger partial charge is 0.236 e. The van der Waals surface area contributed by atoms with E-state index in [0.29, 0.717) is 19.7 Å². The third-order valence-electron chi connectivity index (χ3n) is 4.30. The average molecular weight is 329 g/mol. The van der Waals surface area contributed by atoms with Crippen LogP contribution < -0.4 is 0 Å². The van der Waals surface area contributed by atoms with Crippen LogP contribution in [0.5, 0.6) is 0 Å².